The molecule has 0 heterocycles. The molecule has 0 atom stereocenters. The van der Waals surface area contributed by atoms with Gasteiger partial charge in [-0.3, -0.25) is 9.79 Å². The van der Waals surface area contributed by atoms with Gasteiger partial charge in [0.25, 0.3) is 0 Å². The molecule has 0 unspecified atom stereocenters. The molecule has 0 fully saturated rings. The van der Waals surface area contributed by atoms with Crippen LogP contribution in [-0.4, -0.2) is 18.5 Å². The molecule has 0 spiro atoms. The summed E-state index contributed by atoms with van der Waals surface area (Å²) < 4.78 is 0. The number of carbonyl (C=O) groups is 1. The van der Waals surface area contributed by atoms with Gasteiger partial charge in [-0.15, -0.1) is 0 Å². The minimum atomic E-state index is -0.0857. The lowest BCUT2D eigenvalue weighted by Crippen LogP contribution is -2.19. The zero-order valence-electron chi connectivity index (χ0n) is 18.5. The fraction of sp³-hybridized carbons (Fsp3) is 0.296. The van der Waals surface area contributed by atoms with Crippen molar-refractivity contribution < 1.29 is 4.79 Å². The highest BCUT2D eigenvalue weighted by atomic mass is 16.1. The molecule has 2 aromatic rings. The molecule has 0 saturated heterocycles. The quantitative estimate of drug-likeness (QED) is 0.347. The van der Waals surface area contributed by atoms with Crippen LogP contribution in [0.1, 0.15) is 72.6 Å². The third-order valence-corrected chi connectivity index (χ3v) is 5.35. The maximum Gasteiger partial charge on any atom is 0.162 e. The number of benzene rings is 2. The summed E-state index contributed by atoms with van der Waals surface area (Å²) in [6.07, 6.45) is 3.83. The molecule has 0 aliphatic carbocycles. The SMILES string of the molecule is C=Cc1ccc(C(CC(C)(C)CCC(=O)c2ccc(C#N)cc2)=NC)cc1C(=C)C. The standard InChI is InChI=1S/C27H30N2O/c1-7-21-12-13-23(16-24(21)19(2)3)25(29-6)17-27(4,5)15-14-26(30)22-10-8-20(18-28)9-11-22/h7-13,16H,1-2,14-15,17H2,3-6H3. The van der Waals surface area contributed by atoms with E-state index in [1.807, 2.05) is 20.0 Å². The number of nitriles is 1. The van der Waals surface area contributed by atoms with Gasteiger partial charge >= 0.3 is 0 Å². The summed E-state index contributed by atoms with van der Waals surface area (Å²) in [5.74, 6) is 0.0995. The van der Waals surface area contributed by atoms with Crippen LogP contribution in [0.4, 0.5) is 0 Å². The van der Waals surface area contributed by atoms with Gasteiger partial charge in [0.1, 0.15) is 0 Å². The van der Waals surface area contributed by atoms with Crippen molar-refractivity contribution in [3.05, 3.63) is 83.4 Å². The molecule has 0 radical (unpaired) electrons. The second-order valence-corrected chi connectivity index (χ2v) is 8.41. The van der Waals surface area contributed by atoms with Gasteiger partial charge in [-0.25, -0.2) is 0 Å². The first-order valence-electron chi connectivity index (χ1n) is 10.1. The van der Waals surface area contributed by atoms with E-state index < -0.39 is 0 Å². The number of rotatable bonds is 9. The van der Waals surface area contributed by atoms with E-state index in [1.54, 1.807) is 24.3 Å². The Morgan fingerprint density at radius 3 is 2.33 bits per heavy atom. The highest BCUT2D eigenvalue weighted by Crippen LogP contribution is 2.31. The van der Waals surface area contributed by atoms with Crippen molar-refractivity contribution in [2.45, 2.75) is 40.0 Å². The van der Waals surface area contributed by atoms with E-state index in [-0.39, 0.29) is 11.2 Å². The summed E-state index contributed by atoms with van der Waals surface area (Å²) in [6.45, 7) is 14.3. The monoisotopic (exact) mass is 398 g/mol. The molecule has 0 bridgehead atoms. The number of allylic oxidation sites excluding steroid dienone is 1. The molecular formula is C27H30N2O. The maximum absolute atomic E-state index is 12.6. The van der Waals surface area contributed by atoms with Crippen molar-refractivity contribution >= 4 is 23.1 Å². The van der Waals surface area contributed by atoms with Crippen molar-refractivity contribution in [2.75, 3.05) is 7.05 Å². The predicted octanol–water partition coefficient (Wildman–Crippen LogP) is 6.73. The molecular weight excluding hydrogens is 368 g/mol. The largest absolute Gasteiger partial charge is 0.294 e. The molecule has 2 rings (SSSR count). The minimum Gasteiger partial charge on any atom is -0.294 e. The minimum absolute atomic E-state index is 0.0857. The van der Waals surface area contributed by atoms with Crippen LogP contribution in [0.2, 0.25) is 0 Å². The van der Waals surface area contributed by atoms with Gasteiger partial charge in [0.2, 0.25) is 0 Å². The van der Waals surface area contributed by atoms with Gasteiger partial charge in [-0.1, -0.05) is 62.9 Å². The third-order valence-electron chi connectivity index (χ3n) is 5.35. The van der Waals surface area contributed by atoms with Crippen LogP contribution in [0.3, 0.4) is 0 Å². The molecule has 0 aliphatic heterocycles. The molecule has 0 amide bonds. The van der Waals surface area contributed by atoms with Crippen molar-refractivity contribution in [2.24, 2.45) is 10.4 Å². The first-order valence-corrected chi connectivity index (χ1v) is 10.1. The Balaban J connectivity index is 2.11. The Kier molecular flexibility index (Phi) is 7.66. The lowest BCUT2D eigenvalue weighted by molar-refractivity contribution is 0.0964. The first kappa shape index (κ1) is 23.0. The Morgan fingerprint density at radius 1 is 1.17 bits per heavy atom. The lowest BCUT2D eigenvalue weighted by Gasteiger charge is -2.25. The number of aliphatic imine (C=N–C) groups is 1. The van der Waals surface area contributed by atoms with Gasteiger partial charge in [0.15, 0.2) is 5.78 Å². The Bertz CT molecular complexity index is 1020. The summed E-state index contributed by atoms with van der Waals surface area (Å²) in [4.78, 5) is 17.1. The van der Waals surface area contributed by atoms with Crippen LogP contribution in [-0.2, 0) is 0 Å². The summed E-state index contributed by atoms with van der Waals surface area (Å²) in [5.41, 5.74) is 6.36. The van der Waals surface area contributed by atoms with E-state index in [0.717, 1.165) is 40.8 Å². The summed E-state index contributed by atoms with van der Waals surface area (Å²) in [7, 11) is 1.81. The number of hydrogen-bond acceptors (Lipinski definition) is 3. The highest BCUT2D eigenvalue weighted by Gasteiger charge is 2.23. The average molecular weight is 399 g/mol. The first-order chi connectivity index (χ1) is 14.2. The van der Waals surface area contributed by atoms with Gasteiger partial charge < -0.3 is 0 Å². The maximum atomic E-state index is 12.6. The molecule has 0 N–H and O–H groups in total. The fourth-order valence-corrected chi connectivity index (χ4v) is 3.46. The molecule has 0 saturated carbocycles. The zero-order valence-corrected chi connectivity index (χ0v) is 18.5. The topological polar surface area (TPSA) is 53.2 Å². The summed E-state index contributed by atoms with van der Waals surface area (Å²) in [5, 5.41) is 8.90. The number of carbonyl (C=O) groups excluding carboxylic acids is 1. The summed E-state index contributed by atoms with van der Waals surface area (Å²) >= 11 is 0. The second-order valence-electron chi connectivity index (χ2n) is 8.41. The van der Waals surface area contributed by atoms with Crippen LogP contribution in [0.5, 0.6) is 0 Å². The molecule has 2 aromatic carbocycles. The molecule has 3 heteroatoms. The van der Waals surface area contributed by atoms with Gasteiger partial charge in [0.05, 0.1) is 11.6 Å². The van der Waals surface area contributed by atoms with Crippen LogP contribution in [0.15, 0.2) is 60.6 Å². The lowest BCUT2D eigenvalue weighted by atomic mass is 9.80. The van der Waals surface area contributed by atoms with Crippen LogP contribution in [0, 0.1) is 16.7 Å². The fourth-order valence-electron chi connectivity index (χ4n) is 3.46. The van der Waals surface area contributed by atoms with E-state index in [1.165, 1.54) is 0 Å². The van der Waals surface area contributed by atoms with Crippen molar-refractivity contribution in [1.82, 2.24) is 0 Å². The summed E-state index contributed by atoms with van der Waals surface area (Å²) in [6, 6.07) is 15.2. The number of Topliss-reactive ketones (excluding diaryl/α,β-unsaturated/α-hetero) is 1. The van der Waals surface area contributed by atoms with E-state index in [0.29, 0.717) is 17.5 Å². The molecule has 0 aromatic heterocycles. The smallest absolute Gasteiger partial charge is 0.162 e. The van der Waals surface area contributed by atoms with Gasteiger partial charge in [-0.2, -0.15) is 5.26 Å². The van der Waals surface area contributed by atoms with Gasteiger partial charge in [0, 0.05) is 24.7 Å². The third kappa shape index (κ3) is 5.87. The normalized spacial score (nSPS) is 11.6. The van der Waals surface area contributed by atoms with E-state index >= 15 is 0 Å². The number of nitrogens with zero attached hydrogens (tertiary/aromatic N) is 2. The average Bonchev–Trinajstić information content (AvgIpc) is 2.75. The van der Waals surface area contributed by atoms with Crippen LogP contribution < -0.4 is 0 Å². The van der Waals surface area contributed by atoms with Crippen molar-refractivity contribution in [3.63, 3.8) is 0 Å². The van der Waals surface area contributed by atoms with E-state index in [4.69, 9.17) is 5.26 Å². The Morgan fingerprint density at radius 2 is 1.80 bits per heavy atom. The highest BCUT2D eigenvalue weighted by molar-refractivity contribution is 6.02. The Labute approximate surface area is 180 Å². The molecule has 154 valence electrons. The van der Waals surface area contributed by atoms with Crippen LogP contribution in [0.25, 0.3) is 11.6 Å². The van der Waals surface area contributed by atoms with E-state index in [9.17, 15) is 4.79 Å². The predicted molar refractivity (Wildman–Crippen MR) is 127 cm³/mol. The Hall–Kier alpha value is -3.25. The van der Waals surface area contributed by atoms with E-state index in [2.05, 4.69) is 56.3 Å². The van der Waals surface area contributed by atoms with Crippen molar-refractivity contribution in [3.8, 4) is 6.07 Å². The number of hydrogen-bond donors (Lipinski definition) is 0. The zero-order chi connectivity index (χ0) is 22.3. The second kappa shape index (κ2) is 9.98. The molecule has 0 aliphatic rings. The van der Waals surface area contributed by atoms with Crippen LogP contribution >= 0.6 is 0 Å². The van der Waals surface area contributed by atoms with Gasteiger partial charge in [-0.05, 0) is 60.1 Å². The molecule has 3 nitrogen and oxygen atoms in total. The molecule has 30 heavy (non-hydrogen) atoms. The number of ketones is 1. The van der Waals surface area contributed by atoms with Crippen molar-refractivity contribution in [1.29, 1.82) is 5.26 Å².